The zero-order valence-electron chi connectivity index (χ0n) is 6.35. The lowest BCUT2D eigenvalue weighted by Crippen LogP contribution is -1.96. The molecule has 0 aromatic carbocycles. The molecule has 62 valence electrons. The fraction of sp³-hybridized carbons (Fsp3) is 0.333. The Balaban J connectivity index is 2.89. The van der Waals surface area contributed by atoms with Crippen LogP contribution in [0.4, 0.5) is 0 Å². The summed E-state index contributed by atoms with van der Waals surface area (Å²) in [5.74, 6) is 0.524. The predicted molar refractivity (Wildman–Crippen MR) is 47.3 cm³/mol. The second-order valence-electron chi connectivity index (χ2n) is 2.14. The van der Waals surface area contributed by atoms with Crippen molar-refractivity contribution in [3.63, 3.8) is 0 Å². The van der Waals surface area contributed by atoms with E-state index in [0.717, 1.165) is 4.47 Å². The Morgan fingerprint density at radius 1 is 1.58 bits per heavy atom. The van der Waals surface area contributed by atoms with Gasteiger partial charge in [0, 0.05) is 17.3 Å². The summed E-state index contributed by atoms with van der Waals surface area (Å²) >= 11 is 3.21. The van der Waals surface area contributed by atoms with Gasteiger partial charge in [0.15, 0.2) is 0 Å². The minimum atomic E-state index is -0.317. The molecule has 1 heterocycles. The van der Waals surface area contributed by atoms with E-state index in [2.05, 4.69) is 35.9 Å². The molecule has 0 amide bonds. The number of halogens is 1. The summed E-state index contributed by atoms with van der Waals surface area (Å²) in [6.07, 6.45) is 3.23. The van der Waals surface area contributed by atoms with E-state index in [1.807, 2.05) is 0 Å². The molecule has 0 radical (unpaired) electrons. The van der Waals surface area contributed by atoms with Gasteiger partial charge in [0.05, 0.1) is 10.5 Å². The summed E-state index contributed by atoms with van der Waals surface area (Å²) in [4.78, 5) is 10.6. The van der Waals surface area contributed by atoms with Gasteiger partial charge in [-0.3, -0.25) is 0 Å². The molecule has 0 aliphatic heterocycles. The van der Waals surface area contributed by atoms with Crippen LogP contribution in [0.25, 0.3) is 10.4 Å². The fourth-order valence-corrected chi connectivity index (χ4v) is 0.872. The van der Waals surface area contributed by atoms with Gasteiger partial charge >= 0.3 is 0 Å². The zero-order chi connectivity index (χ0) is 8.97. The lowest BCUT2D eigenvalue weighted by molar-refractivity contribution is 0.731. The van der Waals surface area contributed by atoms with Crippen LogP contribution in [0.5, 0.6) is 0 Å². The maximum Gasteiger partial charge on any atom is 0.136 e. The third-order valence-electron chi connectivity index (χ3n) is 1.24. The van der Waals surface area contributed by atoms with E-state index in [4.69, 9.17) is 5.53 Å². The smallest absolute Gasteiger partial charge is 0.136 e. The quantitative estimate of drug-likeness (QED) is 0.443. The van der Waals surface area contributed by atoms with Crippen molar-refractivity contribution in [1.82, 2.24) is 9.97 Å². The van der Waals surface area contributed by atoms with Crippen LogP contribution in [0.15, 0.2) is 22.0 Å². The van der Waals surface area contributed by atoms with Gasteiger partial charge in [-0.05, 0) is 28.4 Å². The van der Waals surface area contributed by atoms with Crippen LogP contribution in [0, 0.1) is 0 Å². The predicted octanol–water partition coefficient (Wildman–Crippen LogP) is 2.61. The minimum absolute atomic E-state index is 0.317. The molecule has 0 aliphatic carbocycles. The Labute approximate surface area is 77.6 Å². The summed E-state index contributed by atoms with van der Waals surface area (Å²) in [6, 6.07) is -0.317. The lowest BCUT2D eigenvalue weighted by Gasteiger charge is -2.00. The molecular weight excluding hydrogens is 222 g/mol. The second-order valence-corrected chi connectivity index (χ2v) is 3.06. The molecule has 1 rings (SSSR count). The van der Waals surface area contributed by atoms with Crippen molar-refractivity contribution >= 4 is 15.9 Å². The Bertz CT molecular complexity index is 302. The standard InChI is InChI=1S/C6H6BrN5/c1-4(11-12-8)6-9-2-5(7)3-10-6/h2-4H,1H3. The highest BCUT2D eigenvalue weighted by molar-refractivity contribution is 9.10. The molecule has 0 bridgehead atoms. The molecule has 1 aromatic heterocycles. The number of rotatable bonds is 2. The third-order valence-corrected chi connectivity index (χ3v) is 1.65. The molecule has 0 saturated heterocycles. The van der Waals surface area contributed by atoms with Gasteiger partial charge in [0.25, 0.3) is 0 Å². The van der Waals surface area contributed by atoms with Crippen molar-refractivity contribution in [3.05, 3.63) is 33.1 Å². The Morgan fingerprint density at radius 3 is 2.67 bits per heavy atom. The Kier molecular flexibility index (Phi) is 3.01. The van der Waals surface area contributed by atoms with E-state index in [0.29, 0.717) is 5.82 Å². The third kappa shape index (κ3) is 2.18. The molecule has 5 nitrogen and oxygen atoms in total. The first kappa shape index (κ1) is 8.96. The van der Waals surface area contributed by atoms with Gasteiger partial charge in [-0.2, -0.15) is 0 Å². The molecule has 1 atom stereocenters. The molecule has 0 spiro atoms. The summed E-state index contributed by atoms with van der Waals surface area (Å²) in [5, 5.41) is 3.46. The van der Waals surface area contributed by atoms with Crippen molar-refractivity contribution in [3.8, 4) is 0 Å². The zero-order valence-corrected chi connectivity index (χ0v) is 7.93. The molecule has 1 aromatic rings. The van der Waals surface area contributed by atoms with E-state index in [-0.39, 0.29) is 6.04 Å². The molecule has 6 heteroatoms. The molecule has 0 N–H and O–H groups in total. The van der Waals surface area contributed by atoms with Gasteiger partial charge in [-0.1, -0.05) is 5.11 Å². The van der Waals surface area contributed by atoms with Crippen LogP contribution >= 0.6 is 15.9 Å². The van der Waals surface area contributed by atoms with E-state index in [1.54, 1.807) is 19.3 Å². The summed E-state index contributed by atoms with van der Waals surface area (Å²) < 4.78 is 0.805. The largest absolute Gasteiger partial charge is 0.240 e. The number of aromatic nitrogens is 2. The van der Waals surface area contributed by atoms with Crippen LogP contribution in [-0.2, 0) is 0 Å². The topological polar surface area (TPSA) is 74.5 Å². The first-order valence-corrected chi connectivity index (χ1v) is 4.05. The Morgan fingerprint density at radius 2 is 2.17 bits per heavy atom. The fourth-order valence-electron chi connectivity index (χ4n) is 0.667. The van der Waals surface area contributed by atoms with Crippen molar-refractivity contribution in [2.24, 2.45) is 5.11 Å². The maximum atomic E-state index is 8.15. The SMILES string of the molecule is CC(N=[N+]=[N-])c1ncc(Br)cn1. The second kappa shape index (κ2) is 4.04. The van der Waals surface area contributed by atoms with Gasteiger partial charge < -0.3 is 0 Å². The van der Waals surface area contributed by atoms with Crippen LogP contribution in [0.1, 0.15) is 18.8 Å². The Hall–Kier alpha value is -1.13. The van der Waals surface area contributed by atoms with Gasteiger partial charge in [-0.15, -0.1) is 0 Å². The van der Waals surface area contributed by atoms with Gasteiger partial charge in [0.1, 0.15) is 5.82 Å². The van der Waals surface area contributed by atoms with E-state index in [9.17, 15) is 0 Å². The van der Waals surface area contributed by atoms with Crippen LogP contribution in [-0.4, -0.2) is 9.97 Å². The summed E-state index contributed by atoms with van der Waals surface area (Å²) in [6.45, 7) is 1.74. The van der Waals surface area contributed by atoms with Crippen molar-refractivity contribution < 1.29 is 0 Å². The number of hydrogen-bond donors (Lipinski definition) is 0. The van der Waals surface area contributed by atoms with Crippen LogP contribution in [0.3, 0.4) is 0 Å². The van der Waals surface area contributed by atoms with E-state index in [1.165, 1.54) is 0 Å². The molecule has 1 unspecified atom stereocenters. The number of azide groups is 1. The average molecular weight is 228 g/mol. The van der Waals surface area contributed by atoms with Gasteiger partial charge in [0.2, 0.25) is 0 Å². The molecule has 0 fully saturated rings. The first-order valence-electron chi connectivity index (χ1n) is 3.25. The summed E-state index contributed by atoms with van der Waals surface area (Å²) in [5.41, 5.74) is 8.15. The normalized spacial score (nSPS) is 11.8. The maximum absolute atomic E-state index is 8.15. The van der Waals surface area contributed by atoms with Gasteiger partial charge in [-0.25, -0.2) is 9.97 Å². The van der Waals surface area contributed by atoms with E-state index >= 15 is 0 Å². The van der Waals surface area contributed by atoms with Crippen molar-refractivity contribution in [2.75, 3.05) is 0 Å². The highest BCUT2D eigenvalue weighted by Gasteiger charge is 2.04. The van der Waals surface area contributed by atoms with Crippen LogP contribution in [0.2, 0.25) is 0 Å². The molecule has 0 saturated carbocycles. The monoisotopic (exact) mass is 227 g/mol. The molecule has 12 heavy (non-hydrogen) atoms. The van der Waals surface area contributed by atoms with Crippen molar-refractivity contribution in [2.45, 2.75) is 13.0 Å². The summed E-state index contributed by atoms with van der Waals surface area (Å²) in [7, 11) is 0. The first-order chi connectivity index (χ1) is 5.74. The van der Waals surface area contributed by atoms with Crippen LogP contribution < -0.4 is 0 Å². The number of hydrogen-bond acceptors (Lipinski definition) is 3. The highest BCUT2D eigenvalue weighted by atomic mass is 79.9. The molecule has 0 aliphatic rings. The lowest BCUT2D eigenvalue weighted by atomic mass is 10.3. The average Bonchev–Trinajstić information content (AvgIpc) is 2.06. The number of nitrogens with zero attached hydrogens (tertiary/aromatic N) is 5. The molecular formula is C6H6BrN5. The van der Waals surface area contributed by atoms with E-state index < -0.39 is 0 Å². The minimum Gasteiger partial charge on any atom is -0.240 e. The highest BCUT2D eigenvalue weighted by Crippen LogP contribution is 2.13. The van der Waals surface area contributed by atoms with Crippen molar-refractivity contribution in [1.29, 1.82) is 0 Å².